The molecule has 128 valence electrons. The van der Waals surface area contributed by atoms with Crippen molar-refractivity contribution in [2.24, 2.45) is 0 Å². The standard InChI is InChI=1S/C17H13F2N3O2S/c18-16(19)24-14-6-1-3-11(9-14)15(23)21-12-4-2-5-13(10-12)22-8-7-20-17(22)25/h1-10,16H,(H,20,25)(H,21,23). The molecule has 0 aliphatic heterocycles. The van der Waals surface area contributed by atoms with Crippen molar-refractivity contribution in [2.45, 2.75) is 6.61 Å². The molecule has 5 nitrogen and oxygen atoms in total. The zero-order valence-corrected chi connectivity index (χ0v) is 13.6. The summed E-state index contributed by atoms with van der Waals surface area (Å²) >= 11 is 5.17. The highest BCUT2D eigenvalue weighted by molar-refractivity contribution is 7.71. The summed E-state index contributed by atoms with van der Waals surface area (Å²) in [5.74, 6) is -0.510. The Hall–Kier alpha value is -3.00. The molecule has 0 saturated carbocycles. The van der Waals surface area contributed by atoms with Crippen LogP contribution in [0.15, 0.2) is 60.9 Å². The highest BCUT2D eigenvalue weighted by Crippen LogP contribution is 2.19. The van der Waals surface area contributed by atoms with Gasteiger partial charge < -0.3 is 15.0 Å². The van der Waals surface area contributed by atoms with Crippen molar-refractivity contribution in [3.05, 3.63) is 71.3 Å². The fraction of sp³-hybridized carbons (Fsp3) is 0.0588. The molecular formula is C17H13F2N3O2S. The van der Waals surface area contributed by atoms with Crippen molar-refractivity contribution in [1.82, 2.24) is 9.55 Å². The van der Waals surface area contributed by atoms with Crippen LogP contribution in [0.5, 0.6) is 5.75 Å². The van der Waals surface area contributed by atoms with Gasteiger partial charge in [0, 0.05) is 29.3 Å². The first-order valence-corrected chi connectivity index (χ1v) is 7.66. The maximum atomic E-state index is 12.3. The number of aromatic amines is 1. The topological polar surface area (TPSA) is 59.0 Å². The number of carbonyl (C=O) groups is 1. The molecule has 1 amide bonds. The summed E-state index contributed by atoms with van der Waals surface area (Å²) in [6.45, 7) is -2.94. The molecule has 3 aromatic rings. The summed E-state index contributed by atoms with van der Waals surface area (Å²) in [4.78, 5) is 15.2. The molecular weight excluding hydrogens is 348 g/mol. The number of carbonyl (C=O) groups excluding carboxylic acids is 1. The maximum absolute atomic E-state index is 12.3. The average Bonchev–Trinajstić information content (AvgIpc) is 3.01. The molecule has 2 N–H and O–H groups in total. The zero-order valence-electron chi connectivity index (χ0n) is 12.8. The minimum Gasteiger partial charge on any atom is -0.435 e. The van der Waals surface area contributed by atoms with Gasteiger partial charge in [-0.05, 0) is 48.6 Å². The number of anilines is 1. The minimum absolute atomic E-state index is 0.0740. The Morgan fingerprint density at radius 3 is 2.72 bits per heavy atom. The summed E-state index contributed by atoms with van der Waals surface area (Å²) in [7, 11) is 0. The third-order valence-corrected chi connectivity index (χ3v) is 3.67. The number of imidazole rings is 1. The second-order valence-electron chi connectivity index (χ2n) is 5.05. The molecule has 25 heavy (non-hydrogen) atoms. The van der Waals surface area contributed by atoms with Gasteiger partial charge in [0.2, 0.25) is 0 Å². The fourth-order valence-corrected chi connectivity index (χ4v) is 2.51. The second-order valence-corrected chi connectivity index (χ2v) is 5.43. The van der Waals surface area contributed by atoms with Crippen molar-refractivity contribution < 1.29 is 18.3 Å². The van der Waals surface area contributed by atoms with Crippen LogP contribution in [0.1, 0.15) is 10.4 Å². The number of hydrogen-bond acceptors (Lipinski definition) is 3. The van der Waals surface area contributed by atoms with Crippen molar-refractivity contribution in [3.8, 4) is 11.4 Å². The number of H-pyrrole nitrogens is 1. The van der Waals surface area contributed by atoms with Crippen LogP contribution in [0.3, 0.4) is 0 Å². The van der Waals surface area contributed by atoms with Crippen LogP contribution in [-0.4, -0.2) is 22.1 Å². The van der Waals surface area contributed by atoms with E-state index in [4.69, 9.17) is 12.2 Å². The Kier molecular flexibility index (Phi) is 4.90. The third-order valence-electron chi connectivity index (χ3n) is 3.35. The smallest absolute Gasteiger partial charge is 0.387 e. The van der Waals surface area contributed by atoms with E-state index in [1.807, 2.05) is 6.07 Å². The van der Waals surface area contributed by atoms with E-state index in [2.05, 4.69) is 15.0 Å². The van der Waals surface area contributed by atoms with Gasteiger partial charge in [0.25, 0.3) is 5.91 Å². The van der Waals surface area contributed by atoms with E-state index in [0.717, 1.165) is 5.69 Å². The van der Waals surface area contributed by atoms with Gasteiger partial charge in [0.1, 0.15) is 5.75 Å². The largest absolute Gasteiger partial charge is 0.435 e. The van der Waals surface area contributed by atoms with Crippen LogP contribution < -0.4 is 10.1 Å². The maximum Gasteiger partial charge on any atom is 0.387 e. The van der Waals surface area contributed by atoms with E-state index in [1.165, 1.54) is 24.3 Å². The van der Waals surface area contributed by atoms with Crippen molar-refractivity contribution in [2.75, 3.05) is 5.32 Å². The first-order chi connectivity index (χ1) is 12.0. The molecule has 0 saturated heterocycles. The van der Waals surface area contributed by atoms with Crippen LogP contribution >= 0.6 is 12.2 Å². The first-order valence-electron chi connectivity index (χ1n) is 7.25. The number of alkyl halides is 2. The summed E-state index contributed by atoms with van der Waals surface area (Å²) in [5.41, 5.74) is 1.53. The SMILES string of the molecule is O=C(Nc1cccc(-n2cc[nH]c2=S)c1)c1cccc(OC(F)F)c1. The number of nitrogens with zero attached hydrogens (tertiary/aromatic N) is 1. The van der Waals surface area contributed by atoms with Crippen molar-refractivity contribution in [3.63, 3.8) is 0 Å². The lowest BCUT2D eigenvalue weighted by molar-refractivity contribution is -0.0498. The number of rotatable bonds is 5. The Labute approximate surface area is 146 Å². The normalized spacial score (nSPS) is 10.7. The Morgan fingerprint density at radius 1 is 1.20 bits per heavy atom. The fourth-order valence-electron chi connectivity index (χ4n) is 2.27. The molecule has 2 aromatic carbocycles. The molecule has 0 aliphatic rings. The zero-order chi connectivity index (χ0) is 17.8. The van der Waals surface area contributed by atoms with Crippen LogP contribution in [-0.2, 0) is 0 Å². The van der Waals surface area contributed by atoms with E-state index in [0.29, 0.717) is 10.5 Å². The summed E-state index contributed by atoms with van der Waals surface area (Å²) in [6.07, 6.45) is 3.48. The molecule has 8 heteroatoms. The highest BCUT2D eigenvalue weighted by atomic mass is 32.1. The lowest BCUT2D eigenvalue weighted by Crippen LogP contribution is -2.12. The number of aromatic nitrogens is 2. The van der Waals surface area contributed by atoms with Gasteiger partial charge in [0.15, 0.2) is 4.77 Å². The number of amides is 1. The second kappa shape index (κ2) is 7.27. The molecule has 0 unspecified atom stereocenters. The minimum atomic E-state index is -2.94. The van der Waals surface area contributed by atoms with Gasteiger partial charge in [-0.1, -0.05) is 12.1 Å². The Bertz CT molecular complexity index is 953. The van der Waals surface area contributed by atoms with Gasteiger partial charge in [0.05, 0.1) is 0 Å². The number of hydrogen-bond donors (Lipinski definition) is 2. The molecule has 0 aliphatic carbocycles. The monoisotopic (exact) mass is 361 g/mol. The van der Waals surface area contributed by atoms with Gasteiger partial charge in [-0.25, -0.2) is 0 Å². The van der Waals surface area contributed by atoms with E-state index in [9.17, 15) is 13.6 Å². The van der Waals surface area contributed by atoms with Gasteiger partial charge >= 0.3 is 6.61 Å². The van der Waals surface area contributed by atoms with E-state index < -0.39 is 12.5 Å². The molecule has 0 atom stereocenters. The number of ether oxygens (including phenoxy) is 1. The van der Waals surface area contributed by atoms with Crippen molar-refractivity contribution in [1.29, 1.82) is 0 Å². The molecule has 0 spiro atoms. The Morgan fingerprint density at radius 2 is 2.00 bits per heavy atom. The number of nitrogens with one attached hydrogen (secondary N) is 2. The van der Waals surface area contributed by atoms with Crippen LogP contribution in [0.25, 0.3) is 5.69 Å². The lowest BCUT2D eigenvalue weighted by atomic mass is 10.2. The van der Waals surface area contributed by atoms with Gasteiger partial charge in [-0.3, -0.25) is 9.36 Å². The predicted octanol–water partition coefficient (Wildman–Crippen LogP) is 4.39. The number of benzene rings is 2. The van der Waals surface area contributed by atoms with E-state index in [-0.39, 0.29) is 11.3 Å². The van der Waals surface area contributed by atoms with E-state index in [1.54, 1.807) is 35.2 Å². The molecule has 3 rings (SSSR count). The molecule has 0 radical (unpaired) electrons. The number of halogens is 2. The molecule has 0 fully saturated rings. The predicted molar refractivity (Wildman–Crippen MR) is 92.0 cm³/mol. The van der Waals surface area contributed by atoms with Crippen molar-refractivity contribution >= 4 is 23.8 Å². The highest BCUT2D eigenvalue weighted by Gasteiger charge is 2.10. The summed E-state index contributed by atoms with van der Waals surface area (Å²) in [6, 6.07) is 12.7. The quantitative estimate of drug-likeness (QED) is 0.663. The lowest BCUT2D eigenvalue weighted by Gasteiger charge is -2.09. The molecule has 1 heterocycles. The average molecular weight is 361 g/mol. The van der Waals surface area contributed by atoms with Crippen LogP contribution in [0.2, 0.25) is 0 Å². The molecule has 0 bridgehead atoms. The first kappa shape index (κ1) is 16.8. The van der Waals surface area contributed by atoms with E-state index >= 15 is 0 Å². The van der Waals surface area contributed by atoms with Gasteiger partial charge in [-0.15, -0.1) is 0 Å². The molecule has 1 aromatic heterocycles. The van der Waals surface area contributed by atoms with Crippen LogP contribution in [0, 0.1) is 4.77 Å². The Balaban J connectivity index is 1.80. The summed E-state index contributed by atoms with van der Waals surface area (Å²) < 4.78 is 31.1. The van der Waals surface area contributed by atoms with Crippen LogP contribution in [0.4, 0.5) is 14.5 Å². The summed E-state index contributed by atoms with van der Waals surface area (Å²) in [5, 5.41) is 2.72. The van der Waals surface area contributed by atoms with Gasteiger partial charge in [-0.2, -0.15) is 8.78 Å². The third kappa shape index (κ3) is 4.10.